The zero-order valence-electron chi connectivity index (χ0n) is 10.3. The Morgan fingerprint density at radius 3 is 2.44 bits per heavy atom. The van der Waals surface area contributed by atoms with Gasteiger partial charge in [-0.1, -0.05) is 37.3 Å². The molecule has 0 aromatic heterocycles. The number of benzene rings is 1. The number of aliphatic hydroxyl groups is 1. The van der Waals surface area contributed by atoms with Gasteiger partial charge in [0.15, 0.2) is 0 Å². The summed E-state index contributed by atoms with van der Waals surface area (Å²) < 4.78 is 0. The SMILES string of the molecule is CC[C@H](CO)NC(=O)C(=O)NCc1ccccc1. The molecule has 0 fully saturated rings. The van der Waals surface area contributed by atoms with Gasteiger partial charge < -0.3 is 15.7 Å². The van der Waals surface area contributed by atoms with Crippen LogP contribution in [-0.2, 0) is 16.1 Å². The van der Waals surface area contributed by atoms with Crippen molar-refractivity contribution < 1.29 is 14.7 Å². The molecule has 1 aromatic carbocycles. The molecule has 0 aliphatic rings. The van der Waals surface area contributed by atoms with Gasteiger partial charge in [-0.15, -0.1) is 0 Å². The Balaban J connectivity index is 2.39. The fourth-order valence-corrected chi connectivity index (χ4v) is 1.39. The normalized spacial score (nSPS) is 11.7. The molecule has 0 radical (unpaired) electrons. The first-order chi connectivity index (χ1) is 8.67. The third kappa shape index (κ3) is 4.55. The zero-order chi connectivity index (χ0) is 13.4. The van der Waals surface area contributed by atoms with Crippen LogP contribution in [-0.4, -0.2) is 29.6 Å². The summed E-state index contributed by atoms with van der Waals surface area (Å²) in [6, 6.07) is 8.95. The second kappa shape index (κ2) is 7.45. The number of hydrogen-bond acceptors (Lipinski definition) is 3. The van der Waals surface area contributed by atoms with Crippen molar-refractivity contribution >= 4 is 11.8 Å². The van der Waals surface area contributed by atoms with Crippen molar-refractivity contribution in [2.24, 2.45) is 0 Å². The van der Waals surface area contributed by atoms with Gasteiger partial charge >= 0.3 is 11.8 Å². The Bertz CT molecular complexity index is 388. The van der Waals surface area contributed by atoms with Crippen LogP contribution in [0.3, 0.4) is 0 Å². The largest absolute Gasteiger partial charge is 0.394 e. The number of carbonyl (C=O) groups excluding carboxylic acids is 2. The summed E-state index contributed by atoms with van der Waals surface area (Å²) in [5, 5.41) is 13.9. The quantitative estimate of drug-likeness (QED) is 0.653. The predicted molar refractivity (Wildman–Crippen MR) is 67.6 cm³/mol. The fraction of sp³-hybridized carbons (Fsp3) is 0.385. The third-order valence-electron chi connectivity index (χ3n) is 2.55. The van der Waals surface area contributed by atoms with Gasteiger partial charge in [0.25, 0.3) is 0 Å². The lowest BCUT2D eigenvalue weighted by atomic mass is 10.2. The summed E-state index contributed by atoms with van der Waals surface area (Å²) in [4.78, 5) is 22.9. The fourth-order valence-electron chi connectivity index (χ4n) is 1.39. The van der Waals surface area contributed by atoms with E-state index in [1.165, 1.54) is 0 Å². The molecule has 3 N–H and O–H groups in total. The molecule has 5 heteroatoms. The van der Waals surface area contributed by atoms with E-state index in [-0.39, 0.29) is 12.6 Å². The van der Waals surface area contributed by atoms with Crippen molar-refractivity contribution in [1.29, 1.82) is 0 Å². The van der Waals surface area contributed by atoms with E-state index in [0.717, 1.165) is 5.56 Å². The van der Waals surface area contributed by atoms with E-state index in [2.05, 4.69) is 10.6 Å². The second-order valence-electron chi connectivity index (χ2n) is 3.93. The first-order valence-electron chi connectivity index (χ1n) is 5.90. The average Bonchev–Trinajstić information content (AvgIpc) is 2.42. The summed E-state index contributed by atoms with van der Waals surface area (Å²) in [7, 11) is 0. The molecule has 1 aromatic rings. The Morgan fingerprint density at radius 1 is 1.22 bits per heavy atom. The van der Waals surface area contributed by atoms with Crippen molar-refractivity contribution in [2.75, 3.05) is 6.61 Å². The highest BCUT2D eigenvalue weighted by Gasteiger charge is 2.16. The van der Waals surface area contributed by atoms with Crippen LogP contribution in [0.15, 0.2) is 30.3 Å². The van der Waals surface area contributed by atoms with E-state index in [0.29, 0.717) is 13.0 Å². The van der Waals surface area contributed by atoms with Crippen molar-refractivity contribution in [3.05, 3.63) is 35.9 Å². The Labute approximate surface area is 106 Å². The minimum atomic E-state index is -0.716. The number of nitrogens with one attached hydrogen (secondary N) is 2. The van der Waals surface area contributed by atoms with E-state index in [9.17, 15) is 9.59 Å². The number of carbonyl (C=O) groups is 2. The van der Waals surface area contributed by atoms with Gasteiger partial charge in [-0.2, -0.15) is 0 Å². The molecule has 1 atom stereocenters. The van der Waals surface area contributed by atoms with Crippen LogP contribution in [0.25, 0.3) is 0 Å². The number of hydrogen-bond donors (Lipinski definition) is 3. The van der Waals surface area contributed by atoms with Gasteiger partial charge in [0, 0.05) is 6.54 Å². The Morgan fingerprint density at radius 2 is 1.89 bits per heavy atom. The molecular formula is C13H18N2O3. The molecule has 0 aliphatic carbocycles. The molecule has 0 aliphatic heterocycles. The lowest BCUT2D eigenvalue weighted by Gasteiger charge is -2.13. The molecule has 0 heterocycles. The highest BCUT2D eigenvalue weighted by Crippen LogP contribution is 1.97. The molecule has 0 spiro atoms. The summed E-state index contributed by atoms with van der Waals surface area (Å²) >= 11 is 0. The summed E-state index contributed by atoms with van der Waals surface area (Å²) in [6.07, 6.45) is 0.578. The molecule has 0 saturated carbocycles. The molecule has 0 saturated heterocycles. The standard InChI is InChI=1S/C13H18N2O3/c1-2-11(9-16)15-13(18)12(17)14-8-10-6-4-3-5-7-10/h3-7,11,16H,2,8-9H2,1H3,(H,14,17)(H,15,18)/t11-/m1/s1. The molecule has 5 nitrogen and oxygen atoms in total. The second-order valence-corrected chi connectivity index (χ2v) is 3.93. The average molecular weight is 250 g/mol. The van der Waals surface area contributed by atoms with Gasteiger partial charge in [0.2, 0.25) is 0 Å². The molecular weight excluding hydrogens is 232 g/mol. The van der Waals surface area contributed by atoms with Crippen LogP contribution in [0.4, 0.5) is 0 Å². The topological polar surface area (TPSA) is 78.4 Å². The monoisotopic (exact) mass is 250 g/mol. The number of rotatable bonds is 5. The summed E-state index contributed by atoms with van der Waals surface area (Å²) in [5.74, 6) is -1.41. The molecule has 0 unspecified atom stereocenters. The van der Waals surface area contributed by atoms with Crippen molar-refractivity contribution in [3.8, 4) is 0 Å². The first kappa shape index (κ1) is 14.2. The van der Waals surface area contributed by atoms with Crippen molar-refractivity contribution in [3.63, 3.8) is 0 Å². The van der Waals surface area contributed by atoms with Crippen LogP contribution < -0.4 is 10.6 Å². The maximum Gasteiger partial charge on any atom is 0.309 e. The van der Waals surface area contributed by atoms with Crippen LogP contribution >= 0.6 is 0 Å². The van der Waals surface area contributed by atoms with Crippen LogP contribution in [0, 0.1) is 0 Å². The molecule has 18 heavy (non-hydrogen) atoms. The van der Waals surface area contributed by atoms with Gasteiger partial charge in [-0.05, 0) is 12.0 Å². The molecule has 1 rings (SSSR count). The number of amides is 2. The van der Waals surface area contributed by atoms with E-state index >= 15 is 0 Å². The Hall–Kier alpha value is -1.88. The predicted octanol–water partition coefficient (Wildman–Crippen LogP) is 0.190. The summed E-state index contributed by atoms with van der Waals surface area (Å²) in [5.41, 5.74) is 0.924. The van der Waals surface area contributed by atoms with E-state index in [4.69, 9.17) is 5.11 Å². The zero-order valence-corrected chi connectivity index (χ0v) is 10.3. The lowest BCUT2D eigenvalue weighted by Crippen LogP contribution is -2.45. The third-order valence-corrected chi connectivity index (χ3v) is 2.55. The molecule has 2 amide bonds. The lowest BCUT2D eigenvalue weighted by molar-refractivity contribution is -0.139. The van der Waals surface area contributed by atoms with Crippen LogP contribution in [0.1, 0.15) is 18.9 Å². The van der Waals surface area contributed by atoms with Gasteiger partial charge in [-0.3, -0.25) is 9.59 Å². The van der Waals surface area contributed by atoms with E-state index in [1.54, 1.807) is 0 Å². The minimum Gasteiger partial charge on any atom is -0.394 e. The van der Waals surface area contributed by atoms with Crippen molar-refractivity contribution in [1.82, 2.24) is 10.6 Å². The van der Waals surface area contributed by atoms with Gasteiger partial charge in [0.05, 0.1) is 12.6 Å². The smallest absolute Gasteiger partial charge is 0.309 e. The molecule has 98 valence electrons. The van der Waals surface area contributed by atoms with Crippen molar-refractivity contribution in [2.45, 2.75) is 25.9 Å². The Kier molecular flexibility index (Phi) is 5.87. The van der Waals surface area contributed by atoms with Crippen LogP contribution in [0.2, 0.25) is 0 Å². The maximum atomic E-state index is 11.5. The highest BCUT2D eigenvalue weighted by atomic mass is 16.3. The highest BCUT2D eigenvalue weighted by molar-refractivity contribution is 6.35. The number of aliphatic hydroxyl groups excluding tert-OH is 1. The first-order valence-corrected chi connectivity index (χ1v) is 5.90. The van der Waals surface area contributed by atoms with Gasteiger partial charge in [-0.25, -0.2) is 0 Å². The van der Waals surface area contributed by atoms with Crippen LogP contribution in [0.5, 0.6) is 0 Å². The van der Waals surface area contributed by atoms with Gasteiger partial charge in [0.1, 0.15) is 0 Å². The maximum absolute atomic E-state index is 11.5. The van der Waals surface area contributed by atoms with E-state index < -0.39 is 11.8 Å². The summed E-state index contributed by atoms with van der Waals surface area (Å²) in [6.45, 7) is 1.96. The molecule has 0 bridgehead atoms. The van der Waals surface area contributed by atoms with E-state index in [1.807, 2.05) is 37.3 Å². The minimum absolute atomic E-state index is 0.172.